The van der Waals surface area contributed by atoms with Crippen LogP contribution in [-0.2, 0) is 12.8 Å². The summed E-state index contributed by atoms with van der Waals surface area (Å²) in [6.45, 7) is 5.42. The van der Waals surface area contributed by atoms with E-state index in [4.69, 9.17) is 4.52 Å². The molecule has 3 heterocycles. The van der Waals surface area contributed by atoms with Gasteiger partial charge in [0.2, 0.25) is 0 Å². The van der Waals surface area contributed by atoms with E-state index in [-0.39, 0.29) is 5.91 Å². The van der Waals surface area contributed by atoms with Gasteiger partial charge >= 0.3 is 0 Å². The van der Waals surface area contributed by atoms with Crippen molar-refractivity contribution in [3.8, 4) is 0 Å². The van der Waals surface area contributed by atoms with Crippen LogP contribution in [-0.4, -0.2) is 34.0 Å². The number of pyridine rings is 1. The first-order chi connectivity index (χ1) is 11.2. The van der Waals surface area contributed by atoms with Crippen LogP contribution in [0.15, 0.2) is 29.0 Å². The smallest absolute Gasteiger partial charge is 0.259 e. The lowest BCUT2D eigenvalue weighted by molar-refractivity contribution is 0.0670. The molecule has 1 aliphatic heterocycles. The van der Waals surface area contributed by atoms with Crippen molar-refractivity contribution in [3.05, 3.63) is 47.1 Å². The normalized spacial score (nSPS) is 18.2. The van der Waals surface area contributed by atoms with E-state index in [1.807, 2.05) is 31.0 Å². The average molecular weight is 313 g/mol. The lowest BCUT2D eigenvalue weighted by Crippen LogP contribution is -2.41. The number of nitrogens with zero attached hydrogens (tertiary/aromatic N) is 3. The first kappa shape index (κ1) is 15.7. The van der Waals surface area contributed by atoms with Gasteiger partial charge in [-0.25, -0.2) is 0 Å². The third-order valence-electron chi connectivity index (χ3n) is 4.54. The number of hydrogen-bond donors (Lipinski definition) is 0. The Kier molecular flexibility index (Phi) is 4.74. The Morgan fingerprint density at radius 2 is 2.35 bits per heavy atom. The average Bonchev–Trinajstić information content (AvgIpc) is 2.96. The minimum Gasteiger partial charge on any atom is -0.361 e. The third-order valence-corrected chi connectivity index (χ3v) is 4.54. The summed E-state index contributed by atoms with van der Waals surface area (Å²) in [5.74, 6) is 1.18. The molecular formula is C18H23N3O2. The molecule has 1 saturated heterocycles. The van der Waals surface area contributed by atoms with Crippen molar-refractivity contribution >= 4 is 5.91 Å². The Labute approximate surface area is 136 Å². The maximum atomic E-state index is 12.9. The van der Waals surface area contributed by atoms with Gasteiger partial charge in [-0.15, -0.1) is 0 Å². The molecule has 23 heavy (non-hydrogen) atoms. The fourth-order valence-electron chi connectivity index (χ4n) is 3.36. The Balaban J connectivity index is 1.70. The van der Waals surface area contributed by atoms with E-state index in [1.54, 1.807) is 6.20 Å². The van der Waals surface area contributed by atoms with Crippen molar-refractivity contribution in [2.45, 2.75) is 39.5 Å². The van der Waals surface area contributed by atoms with Crippen molar-refractivity contribution in [3.63, 3.8) is 0 Å². The SMILES string of the molecule is CCc1noc(C)c1C(=O)N1CCC[C@@H](Cc2cccnc2)C1. The summed E-state index contributed by atoms with van der Waals surface area (Å²) in [6.07, 6.45) is 7.60. The number of piperidine rings is 1. The molecule has 0 spiro atoms. The van der Waals surface area contributed by atoms with Crippen LogP contribution in [0.5, 0.6) is 0 Å². The molecule has 0 saturated carbocycles. The van der Waals surface area contributed by atoms with Crippen molar-refractivity contribution in [1.82, 2.24) is 15.0 Å². The first-order valence-electron chi connectivity index (χ1n) is 8.32. The first-order valence-corrected chi connectivity index (χ1v) is 8.32. The molecular weight excluding hydrogens is 290 g/mol. The molecule has 2 aromatic rings. The topological polar surface area (TPSA) is 59.2 Å². The molecule has 5 heteroatoms. The standard InChI is InChI=1S/C18H23N3O2/c1-3-16-17(13(2)23-20-16)18(22)21-9-5-7-15(12-21)10-14-6-4-8-19-11-14/h4,6,8,11,15H,3,5,7,9-10,12H2,1-2H3/t15-/m0/s1. The second-order valence-electron chi connectivity index (χ2n) is 6.24. The van der Waals surface area contributed by atoms with Crippen molar-refractivity contribution < 1.29 is 9.32 Å². The van der Waals surface area contributed by atoms with Gasteiger partial charge < -0.3 is 9.42 Å². The Bertz CT molecular complexity index is 666. The highest BCUT2D eigenvalue weighted by atomic mass is 16.5. The molecule has 3 rings (SSSR count). The summed E-state index contributed by atoms with van der Waals surface area (Å²) in [7, 11) is 0. The van der Waals surface area contributed by atoms with Gasteiger partial charge in [-0.05, 0) is 50.2 Å². The zero-order chi connectivity index (χ0) is 16.2. The predicted molar refractivity (Wildman–Crippen MR) is 87.2 cm³/mol. The fourth-order valence-corrected chi connectivity index (χ4v) is 3.36. The molecule has 1 amide bonds. The van der Waals surface area contributed by atoms with E-state index < -0.39 is 0 Å². The van der Waals surface area contributed by atoms with E-state index >= 15 is 0 Å². The van der Waals surface area contributed by atoms with E-state index in [0.29, 0.717) is 23.7 Å². The number of carbonyl (C=O) groups excluding carboxylic acids is 1. The molecule has 5 nitrogen and oxygen atoms in total. The lowest BCUT2D eigenvalue weighted by atomic mass is 9.91. The minimum atomic E-state index is 0.0662. The molecule has 0 bridgehead atoms. The van der Waals surface area contributed by atoms with Crippen LogP contribution in [0.2, 0.25) is 0 Å². The lowest BCUT2D eigenvalue weighted by Gasteiger charge is -2.33. The number of aryl methyl sites for hydroxylation is 2. The van der Waals surface area contributed by atoms with E-state index in [1.165, 1.54) is 5.56 Å². The van der Waals surface area contributed by atoms with Gasteiger partial charge in [-0.3, -0.25) is 9.78 Å². The molecule has 1 aliphatic rings. The van der Waals surface area contributed by atoms with Crippen LogP contribution in [0.3, 0.4) is 0 Å². The summed E-state index contributed by atoms with van der Waals surface area (Å²) in [6, 6.07) is 4.07. The van der Waals surface area contributed by atoms with Gasteiger partial charge in [-0.1, -0.05) is 18.1 Å². The molecule has 0 N–H and O–H groups in total. The highest BCUT2D eigenvalue weighted by Gasteiger charge is 2.28. The van der Waals surface area contributed by atoms with Crippen molar-refractivity contribution in [1.29, 1.82) is 0 Å². The quantitative estimate of drug-likeness (QED) is 0.870. The van der Waals surface area contributed by atoms with Gasteiger partial charge in [0.15, 0.2) is 0 Å². The minimum absolute atomic E-state index is 0.0662. The van der Waals surface area contributed by atoms with Gasteiger partial charge in [0.05, 0.1) is 5.69 Å². The molecule has 1 atom stereocenters. The Morgan fingerprint density at radius 1 is 1.48 bits per heavy atom. The van der Waals surface area contributed by atoms with Gasteiger partial charge in [-0.2, -0.15) is 0 Å². The number of hydrogen-bond acceptors (Lipinski definition) is 4. The van der Waals surface area contributed by atoms with E-state index in [9.17, 15) is 4.79 Å². The van der Waals surface area contributed by atoms with Crippen LogP contribution in [0, 0.1) is 12.8 Å². The summed E-state index contributed by atoms with van der Waals surface area (Å²) >= 11 is 0. The predicted octanol–water partition coefficient (Wildman–Crippen LogP) is 3.04. The zero-order valence-electron chi connectivity index (χ0n) is 13.8. The highest BCUT2D eigenvalue weighted by molar-refractivity contribution is 5.96. The zero-order valence-corrected chi connectivity index (χ0v) is 13.8. The van der Waals surface area contributed by atoms with Crippen molar-refractivity contribution in [2.24, 2.45) is 5.92 Å². The number of carbonyl (C=O) groups is 1. The molecule has 122 valence electrons. The molecule has 0 aromatic carbocycles. The molecule has 0 aliphatic carbocycles. The molecule has 0 radical (unpaired) electrons. The van der Waals surface area contributed by atoms with Crippen LogP contribution in [0.4, 0.5) is 0 Å². The summed E-state index contributed by atoms with van der Waals surface area (Å²) in [5.41, 5.74) is 2.67. The molecule has 0 unspecified atom stereocenters. The highest BCUT2D eigenvalue weighted by Crippen LogP contribution is 2.24. The summed E-state index contributed by atoms with van der Waals surface area (Å²) in [5, 5.41) is 4.01. The van der Waals surface area contributed by atoms with Gasteiger partial charge in [0.1, 0.15) is 11.3 Å². The maximum Gasteiger partial charge on any atom is 0.259 e. The Hall–Kier alpha value is -2.17. The van der Waals surface area contributed by atoms with Crippen LogP contribution in [0.25, 0.3) is 0 Å². The number of likely N-dealkylation sites (tertiary alicyclic amines) is 1. The molecule has 2 aromatic heterocycles. The summed E-state index contributed by atoms with van der Waals surface area (Å²) in [4.78, 5) is 19.0. The van der Waals surface area contributed by atoms with Crippen LogP contribution in [0.1, 0.15) is 47.1 Å². The summed E-state index contributed by atoms with van der Waals surface area (Å²) < 4.78 is 5.22. The second kappa shape index (κ2) is 6.94. The number of amides is 1. The van der Waals surface area contributed by atoms with E-state index in [2.05, 4.69) is 16.2 Å². The third kappa shape index (κ3) is 3.44. The monoisotopic (exact) mass is 313 g/mol. The van der Waals surface area contributed by atoms with Gasteiger partial charge in [0, 0.05) is 25.5 Å². The number of rotatable bonds is 4. The molecule has 1 fully saturated rings. The second-order valence-corrected chi connectivity index (χ2v) is 6.24. The maximum absolute atomic E-state index is 12.9. The van der Waals surface area contributed by atoms with Crippen molar-refractivity contribution in [2.75, 3.05) is 13.1 Å². The Morgan fingerprint density at radius 3 is 3.09 bits per heavy atom. The fraction of sp³-hybridized carbons (Fsp3) is 0.500. The van der Waals surface area contributed by atoms with Gasteiger partial charge in [0.25, 0.3) is 5.91 Å². The van der Waals surface area contributed by atoms with Crippen LogP contribution >= 0.6 is 0 Å². The largest absolute Gasteiger partial charge is 0.361 e. The van der Waals surface area contributed by atoms with Crippen LogP contribution < -0.4 is 0 Å². The number of aromatic nitrogens is 2. The van der Waals surface area contributed by atoms with E-state index in [0.717, 1.165) is 38.0 Å².